The lowest BCUT2D eigenvalue weighted by atomic mass is 10.0. The molecule has 31 heavy (non-hydrogen) atoms. The van der Waals surface area contributed by atoms with E-state index in [0.29, 0.717) is 12.5 Å². The first-order chi connectivity index (χ1) is 15.1. The normalized spacial score (nSPS) is 22.2. The molecule has 1 amide bonds. The summed E-state index contributed by atoms with van der Waals surface area (Å²) >= 11 is 0. The molecule has 0 aromatic rings. The van der Waals surface area contributed by atoms with E-state index in [2.05, 4.69) is 41.5 Å². The monoisotopic (exact) mass is 438 g/mol. The van der Waals surface area contributed by atoms with Crippen molar-refractivity contribution in [1.29, 1.82) is 0 Å². The maximum absolute atomic E-state index is 12.5. The van der Waals surface area contributed by atoms with Crippen LogP contribution < -0.4 is 10.6 Å². The van der Waals surface area contributed by atoms with Crippen LogP contribution in [0.2, 0.25) is 0 Å². The van der Waals surface area contributed by atoms with Crippen molar-refractivity contribution in [2.75, 3.05) is 53.4 Å². The van der Waals surface area contributed by atoms with Crippen LogP contribution in [0.1, 0.15) is 103 Å². The molecule has 1 saturated heterocycles. The second-order valence-electron chi connectivity index (χ2n) is 9.84. The minimum atomic E-state index is 0.220. The number of amides is 1. The quantitative estimate of drug-likeness (QED) is 0.481. The highest BCUT2D eigenvalue weighted by Gasteiger charge is 2.13. The number of hydrogen-bond acceptors (Lipinski definition) is 4. The first-order valence-corrected chi connectivity index (χ1v) is 13.5. The highest BCUT2D eigenvalue weighted by atomic mass is 16.1. The van der Waals surface area contributed by atoms with Crippen molar-refractivity contribution in [2.24, 2.45) is 0 Å². The summed E-state index contributed by atoms with van der Waals surface area (Å²) < 4.78 is 0. The molecule has 0 aliphatic carbocycles. The molecule has 0 saturated carbocycles. The maximum atomic E-state index is 12.5. The summed E-state index contributed by atoms with van der Waals surface area (Å²) in [7, 11) is 4.44. The zero-order valence-electron chi connectivity index (χ0n) is 21.2. The van der Waals surface area contributed by atoms with Crippen LogP contribution in [0.25, 0.3) is 0 Å². The van der Waals surface area contributed by atoms with Gasteiger partial charge in [0, 0.05) is 19.0 Å². The number of nitrogens with one attached hydrogen (secondary N) is 2. The molecule has 1 rings (SSSR count). The summed E-state index contributed by atoms with van der Waals surface area (Å²) in [6, 6.07) is 0.327. The summed E-state index contributed by atoms with van der Waals surface area (Å²) in [5.74, 6) is 0.220. The Morgan fingerprint density at radius 3 is 1.87 bits per heavy atom. The van der Waals surface area contributed by atoms with E-state index in [9.17, 15) is 4.79 Å². The first kappa shape index (κ1) is 28.4. The zero-order valence-corrected chi connectivity index (χ0v) is 21.2. The highest BCUT2D eigenvalue weighted by Crippen LogP contribution is 2.12. The number of rotatable bonds is 10. The van der Waals surface area contributed by atoms with E-state index < -0.39 is 0 Å². The van der Waals surface area contributed by atoms with E-state index in [0.717, 1.165) is 52.0 Å². The smallest absolute Gasteiger partial charge is 0.221 e. The molecule has 1 unspecified atom stereocenters. The van der Waals surface area contributed by atoms with Crippen molar-refractivity contribution < 1.29 is 4.79 Å². The predicted molar refractivity (Wildman–Crippen MR) is 135 cm³/mol. The topological polar surface area (TPSA) is 47.6 Å². The Bertz CT molecular complexity index is 418. The molecule has 0 aromatic carbocycles. The van der Waals surface area contributed by atoms with E-state index in [-0.39, 0.29) is 5.91 Å². The fraction of sp³-hybridized carbons (Fsp3) is 0.962. The van der Waals surface area contributed by atoms with Crippen LogP contribution in [0.15, 0.2) is 0 Å². The lowest BCUT2D eigenvalue weighted by Crippen LogP contribution is -2.37. The van der Waals surface area contributed by atoms with Crippen molar-refractivity contribution >= 4 is 5.91 Å². The Morgan fingerprint density at radius 2 is 1.26 bits per heavy atom. The van der Waals surface area contributed by atoms with Gasteiger partial charge in [-0.3, -0.25) is 4.79 Å². The van der Waals surface area contributed by atoms with E-state index in [4.69, 9.17) is 0 Å². The second-order valence-corrected chi connectivity index (χ2v) is 9.84. The number of unbranched alkanes of at least 4 members (excludes halogenated alkanes) is 8. The maximum Gasteiger partial charge on any atom is 0.221 e. The molecular weight excluding hydrogens is 384 g/mol. The Balaban J connectivity index is 2.32. The lowest BCUT2D eigenvalue weighted by molar-refractivity contribution is -0.121. The SMILES string of the molecule is CCCCCCCCCCCC1CC(=O)NCCCN(C)CCCCN(C)CCCN1. The van der Waals surface area contributed by atoms with Gasteiger partial charge in [-0.1, -0.05) is 64.7 Å². The summed E-state index contributed by atoms with van der Waals surface area (Å²) in [6.07, 6.45) is 18.7. The van der Waals surface area contributed by atoms with E-state index in [1.807, 2.05) is 0 Å². The molecule has 1 heterocycles. The second kappa shape index (κ2) is 20.0. The minimum absolute atomic E-state index is 0.220. The van der Waals surface area contributed by atoms with Crippen LogP contribution in [0.5, 0.6) is 0 Å². The third-order valence-electron chi connectivity index (χ3n) is 6.61. The third kappa shape index (κ3) is 17.6. The molecule has 0 spiro atoms. The van der Waals surface area contributed by atoms with Gasteiger partial charge in [-0.25, -0.2) is 0 Å². The molecule has 0 radical (unpaired) electrons. The van der Waals surface area contributed by atoms with Gasteiger partial charge >= 0.3 is 0 Å². The molecule has 2 N–H and O–H groups in total. The van der Waals surface area contributed by atoms with Crippen molar-refractivity contribution in [2.45, 2.75) is 109 Å². The molecule has 5 heteroatoms. The number of hydrogen-bond donors (Lipinski definition) is 2. The van der Waals surface area contributed by atoms with E-state index in [1.54, 1.807) is 0 Å². The van der Waals surface area contributed by atoms with Gasteiger partial charge in [0.15, 0.2) is 0 Å². The standard InChI is InChI=1S/C26H54N4O/c1-4-5-6-7-8-9-10-11-12-17-25-24-26(31)28-19-16-23-30(3)21-14-13-20-29(2)22-15-18-27-25/h25,27H,4-24H2,1-3H3,(H,28,31). The number of carbonyl (C=O) groups is 1. The Labute approximate surface area is 194 Å². The fourth-order valence-electron chi connectivity index (χ4n) is 4.49. The molecule has 1 atom stereocenters. The Morgan fingerprint density at radius 1 is 0.742 bits per heavy atom. The zero-order chi connectivity index (χ0) is 22.6. The Hall–Kier alpha value is -0.650. The van der Waals surface area contributed by atoms with Crippen LogP contribution in [0.4, 0.5) is 0 Å². The van der Waals surface area contributed by atoms with Gasteiger partial charge in [-0.05, 0) is 78.9 Å². The van der Waals surface area contributed by atoms with Gasteiger partial charge in [0.25, 0.3) is 0 Å². The van der Waals surface area contributed by atoms with Crippen LogP contribution >= 0.6 is 0 Å². The molecule has 5 nitrogen and oxygen atoms in total. The average Bonchev–Trinajstić information content (AvgIpc) is 2.75. The molecule has 1 aliphatic heterocycles. The van der Waals surface area contributed by atoms with Crippen molar-refractivity contribution in [3.05, 3.63) is 0 Å². The van der Waals surface area contributed by atoms with Gasteiger partial charge < -0.3 is 20.4 Å². The number of nitrogens with zero attached hydrogens (tertiary/aromatic N) is 2. The first-order valence-electron chi connectivity index (χ1n) is 13.5. The van der Waals surface area contributed by atoms with Gasteiger partial charge in [-0.15, -0.1) is 0 Å². The molecule has 0 bridgehead atoms. The van der Waals surface area contributed by atoms with Gasteiger partial charge in [0.1, 0.15) is 0 Å². The molecule has 1 aliphatic rings. The van der Waals surface area contributed by atoms with Gasteiger partial charge in [0.05, 0.1) is 0 Å². The van der Waals surface area contributed by atoms with Crippen LogP contribution in [-0.2, 0) is 4.79 Å². The largest absolute Gasteiger partial charge is 0.356 e. The van der Waals surface area contributed by atoms with Crippen LogP contribution in [0.3, 0.4) is 0 Å². The van der Waals surface area contributed by atoms with E-state index >= 15 is 0 Å². The summed E-state index contributed by atoms with van der Waals surface area (Å²) in [6.45, 7) is 8.65. The molecule has 184 valence electrons. The lowest BCUT2D eigenvalue weighted by Gasteiger charge is -2.20. The van der Waals surface area contributed by atoms with Crippen LogP contribution in [-0.4, -0.2) is 75.1 Å². The van der Waals surface area contributed by atoms with Crippen LogP contribution in [0, 0.1) is 0 Å². The van der Waals surface area contributed by atoms with Crippen molar-refractivity contribution in [1.82, 2.24) is 20.4 Å². The summed E-state index contributed by atoms with van der Waals surface area (Å²) in [4.78, 5) is 17.3. The summed E-state index contributed by atoms with van der Waals surface area (Å²) in [5, 5.41) is 6.86. The average molecular weight is 439 g/mol. The predicted octanol–water partition coefficient (Wildman–Crippen LogP) is 4.81. The summed E-state index contributed by atoms with van der Waals surface area (Å²) in [5.41, 5.74) is 0. The number of carbonyl (C=O) groups excluding carboxylic acids is 1. The van der Waals surface area contributed by atoms with Gasteiger partial charge in [0.2, 0.25) is 5.91 Å². The van der Waals surface area contributed by atoms with Gasteiger partial charge in [-0.2, -0.15) is 0 Å². The minimum Gasteiger partial charge on any atom is -0.356 e. The molecule has 1 fully saturated rings. The van der Waals surface area contributed by atoms with E-state index in [1.165, 1.54) is 77.2 Å². The highest BCUT2D eigenvalue weighted by molar-refractivity contribution is 5.76. The Kier molecular flexibility index (Phi) is 18.3. The fourth-order valence-corrected chi connectivity index (χ4v) is 4.49. The third-order valence-corrected chi connectivity index (χ3v) is 6.61. The van der Waals surface area contributed by atoms with Crippen molar-refractivity contribution in [3.8, 4) is 0 Å². The van der Waals surface area contributed by atoms with Crippen molar-refractivity contribution in [3.63, 3.8) is 0 Å². The molecule has 0 aromatic heterocycles. The molecular formula is C26H54N4O.